The second-order valence-electron chi connectivity index (χ2n) is 8.47. The minimum Gasteiger partial charge on any atom is -0.351 e. The largest absolute Gasteiger partial charge is 0.351 e. The summed E-state index contributed by atoms with van der Waals surface area (Å²) in [6, 6.07) is 1.42. The van der Waals surface area contributed by atoms with Crippen molar-refractivity contribution in [3.8, 4) is 0 Å². The highest BCUT2D eigenvalue weighted by Crippen LogP contribution is 2.31. The molecule has 1 aromatic heterocycles. The van der Waals surface area contributed by atoms with Gasteiger partial charge in [0.2, 0.25) is 0 Å². The van der Waals surface area contributed by atoms with E-state index in [2.05, 4.69) is 19.6 Å². The van der Waals surface area contributed by atoms with E-state index in [1.807, 2.05) is 12.4 Å². The van der Waals surface area contributed by atoms with Crippen LogP contribution in [0.5, 0.6) is 0 Å². The van der Waals surface area contributed by atoms with Crippen molar-refractivity contribution in [1.82, 2.24) is 19.8 Å². The summed E-state index contributed by atoms with van der Waals surface area (Å²) in [6.45, 7) is 9.35. The first-order valence-corrected chi connectivity index (χ1v) is 10.7. The van der Waals surface area contributed by atoms with Gasteiger partial charge in [-0.3, -0.25) is 9.80 Å². The van der Waals surface area contributed by atoms with Crippen LogP contribution in [-0.2, 0) is 0 Å². The van der Waals surface area contributed by atoms with Gasteiger partial charge < -0.3 is 9.80 Å². The van der Waals surface area contributed by atoms with Crippen LogP contribution in [0, 0.1) is 0 Å². The molecule has 6 nitrogen and oxygen atoms in total. The summed E-state index contributed by atoms with van der Waals surface area (Å²) in [7, 11) is 0. The van der Waals surface area contributed by atoms with E-state index in [1.165, 1.54) is 64.7 Å². The monoisotopic (exact) mass is 356 g/mol. The van der Waals surface area contributed by atoms with Crippen LogP contribution in [0.4, 0.5) is 11.6 Å². The van der Waals surface area contributed by atoms with Crippen molar-refractivity contribution in [3.05, 3.63) is 12.4 Å². The van der Waals surface area contributed by atoms with Crippen molar-refractivity contribution >= 4 is 11.6 Å². The third-order valence-electron chi connectivity index (χ3n) is 6.93. The molecule has 2 unspecified atom stereocenters. The minimum absolute atomic E-state index is 0.711. The standard InChI is InChI=1S/C20H32N6/c1-3-9-23-11-13-25(15-17(23)5-1)19-20(22-8-7-21-19)26-14-12-24-10-4-2-6-18(24)16-26/h7-8,17-18H,1-6,9-16H2. The Bertz CT molecular complexity index is 569. The van der Waals surface area contributed by atoms with Gasteiger partial charge in [0.05, 0.1) is 0 Å². The highest BCUT2D eigenvalue weighted by atomic mass is 15.4. The van der Waals surface area contributed by atoms with E-state index in [0.29, 0.717) is 12.1 Å². The van der Waals surface area contributed by atoms with Crippen LogP contribution in [0.1, 0.15) is 38.5 Å². The van der Waals surface area contributed by atoms with E-state index in [9.17, 15) is 0 Å². The molecule has 4 saturated heterocycles. The summed E-state index contributed by atoms with van der Waals surface area (Å²) in [5, 5.41) is 0. The Balaban J connectivity index is 1.34. The molecule has 0 radical (unpaired) electrons. The zero-order valence-electron chi connectivity index (χ0n) is 15.9. The maximum Gasteiger partial charge on any atom is 0.172 e. The molecule has 4 fully saturated rings. The molecule has 0 aliphatic carbocycles. The van der Waals surface area contributed by atoms with Gasteiger partial charge in [-0.25, -0.2) is 9.97 Å². The Labute approximate surface area is 157 Å². The lowest BCUT2D eigenvalue weighted by Crippen LogP contribution is -2.57. The van der Waals surface area contributed by atoms with Crippen LogP contribution < -0.4 is 9.80 Å². The van der Waals surface area contributed by atoms with Gasteiger partial charge in [-0.15, -0.1) is 0 Å². The maximum absolute atomic E-state index is 4.81. The van der Waals surface area contributed by atoms with E-state index >= 15 is 0 Å². The number of hydrogen-bond acceptors (Lipinski definition) is 6. The fourth-order valence-corrected chi connectivity index (χ4v) is 5.47. The molecule has 2 atom stereocenters. The molecular formula is C20H32N6. The number of piperidine rings is 2. The van der Waals surface area contributed by atoms with E-state index in [4.69, 9.17) is 9.97 Å². The molecule has 0 bridgehead atoms. The molecule has 142 valence electrons. The van der Waals surface area contributed by atoms with E-state index in [-0.39, 0.29) is 0 Å². The summed E-state index contributed by atoms with van der Waals surface area (Å²) in [4.78, 5) is 20.0. The lowest BCUT2D eigenvalue weighted by atomic mass is 9.99. The molecule has 5 rings (SSSR count). The van der Waals surface area contributed by atoms with E-state index in [1.54, 1.807) is 0 Å². The van der Waals surface area contributed by atoms with E-state index < -0.39 is 0 Å². The highest BCUT2D eigenvalue weighted by molar-refractivity contribution is 5.63. The number of anilines is 2. The van der Waals surface area contributed by atoms with Gasteiger partial charge in [0, 0.05) is 63.7 Å². The predicted molar refractivity (Wildman–Crippen MR) is 105 cm³/mol. The first kappa shape index (κ1) is 16.8. The average molecular weight is 357 g/mol. The third kappa shape index (κ3) is 3.18. The van der Waals surface area contributed by atoms with Crippen LogP contribution in [0.3, 0.4) is 0 Å². The predicted octanol–water partition coefficient (Wildman–Crippen LogP) is 1.83. The normalized spacial score (nSPS) is 30.8. The molecule has 1 aromatic rings. The van der Waals surface area contributed by atoms with Crippen molar-refractivity contribution < 1.29 is 0 Å². The Morgan fingerprint density at radius 2 is 1.12 bits per heavy atom. The molecule has 6 heteroatoms. The average Bonchev–Trinajstić information content (AvgIpc) is 2.73. The van der Waals surface area contributed by atoms with Crippen molar-refractivity contribution in [1.29, 1.82) is 0 Å². The topological polar surface area (TPSA) is 38.7 Å². The molecule has 4 aliphatic heterocycles. The Kier molecular flexibility index (Phi) is 4.71. The SMILES string of the molecule is c1cnc(N2CCN3CCCCC3C2)c(N2CCN3CCCCC3C2)n1. The molecule has 0 saturated carbocycles. The van der Waals surface area contributed by atoms with Gasteiger partial charge in [-0.05, 0) is 38.8 Å². The first-order valence-electron chi connectivity index (χ1n) is 10.7. The molecule has 26 heavy (non-hydrogen) atoms. The second kappa shape index (κ2) is 7.31. The van der Waals surface area contributed by atoms with Gasteiger partial charge in [-0.1, -0.05) is 12.8 Å². The van der Waals surface area contributed by atoms with Crippen LogP contribution >= 0.6 is 0 Å². The number of rotatable bonds is 2. The van der Waals surface area contributed by atoms with Gasteiger partial charge in [0.15, 0.2) is 11.6 Å². The third-order valence-corrected chi connectivity index (χ3v) is 6.93. The second-order valence-corrected chi connectivity index (χ2v) is 8.47. The number of fused-ring (bicyclic) bond motifs is 2. The summed E-state index contributed by atoms with van der Waals surface area (Å²) in [6.07, 6.45) is 11.9. The zero-order valence-corrected chi connectivity index (χ0v) is 15.9. The number of piperazine rings is 2. The van der Waals surface area contributed by atoms with Crippen molar-refractivity contribution in [2.45, 2.75) is 50.6 Å². The molecule has 0 N–H and O–H groups in total. The van der Waals surface area contributed by atoms with Gasteiger partial charge in [0.25, 0.3) is 0 Å². The Morgan fingerprint density at radius 1 is 0.615 bits per heavy atom. The number of aromatic nitrogens is 2. The summed E-state index contributed by atoms with van der Waals surface area (Å²) < 4.78 is 0. The Morgan fingerprint density at radius 3 is 1.62 bits per heavy atom. The highest BCUT2D eigenvalue weighted by Gasteiger charge is 2.34. The lowest BCUT2D eigenvalue weighted by molar-refractivity contribution is 0.131. The fraction of sp³-hybridized carbons (Fsp3) is 0.800. The lowest BCUT2D eigenvalue weighted by Gasteiger charge is -2.47. The maximum atomic E-state index is 4.81. The van der Waals surface area contributed by atoms with Crippen molar-refractivity contribution in [2.75, 3.05) is 62.2 Å². The zero-order chi connectivity index (χ0) is 17.3. The summed E-state index contributed by atoms with van der Waals surface area (Å²) >= 11 is 0. The van der Waals surface area contributed by atoms with Crippen molar-refractivity contribution in [3.63, 3.8) is 0 Å². The Hall–Kier alpha value is -1.40. The smallest absolute Gasteiger partial charge is 0.172 e. The minimum atomic E-state index is 0.711. The molecule has 5 heterocycles. The number of hydrogen-bond donors (Lipinski definition) is 0. The molecule has 0 aromatic carbocycles. The van der Waals surface area contributed by atoms with Crippen LogP contribution in [0.2, 0.25) is 0 Å². The van der Waals surface area contributed by atoms with E-state index in [0.717, 1.165) is 37.8 Å². The molecule has 4 aliphatic rings. The van der Waals surface area contributed by atoms with Crippen LogP contribution in [-0.4, -0.2) is 84.2 Å². The van der Waals surface area contributed by atoms with Crippen LogP contribution in [0.15, 0.2) is 12.4 Å². The molecular weight excluding hydrogens is 324 g/mol. The quantitative estimate of drug-likeness (QED) is 0.805. The van der Waals surface area contributed by atoms with Gasteiger partial charge in [0.1, 0.15) is 0 Å². The number of nitrogens with zero attached hydrogens (tertiary/aromatic N) is 6. The van der Waals surface area contributed by atoms with Gasteiger partial charge >= 0.3 is 0 Å². The van der Waals surface area contributed by atoms with Crippen molar-refractivity contribution in [2.24, 2.45) is 0 Å². The first-order chi connectivity index (χ1) is 12.9. The van der Waals surface area contributed by atoms with Gasteiger partial charge in [-0.2, -0.15) is 0 Å². The summed E-state index contributed by atoms with van der Waals surface area (Å²) in [5.74, 6) is 2.25. The van der Waals surface area contributed by atoms with Crippen LogP contribution in [0.25, 0.3) is 0 Å². The molecule has 0 spiro atoms. The fourth-order valence-electron chi connectivity index (χ4n) is 5.47. The summed E-state index contributed by atoms with van der Waals surface area (Å²) in [5.41, 5.74) is 0. The molecule has 0 amide bonds.